The molecule has 0 aliphatic rings. The molecule has 0 saturated carbocycles. The second-order valence-corrected chi connectivity index (χ2v) is 4.55. The smallest absolute Gasteiger partial charge is 0.226 e. The molecule has 0 bridgehead atoms. The van der Waals surface area contributed by atoms with Crippen molar-refractivity contribution in [1.29, 1.82) is 0 Å². The molecule has 1 heterocycles. The fourth-order valence-corrected chi connectivity index (χ4v) is 1.70. The summed E-state index contributed by atoms with van der Waals surface area (Å²) in [6, 6.07) is 0. The summed E-state index contributed by atoms with van der Waals surface area (Å²) in [6.45, 7) is 3.45. The molecule has 0 fully saturated rings. The lowest BCUT2D eigenvalue weighted by atomic mass is 10.2. The number of unbranched alkanes of at least 4 members (excludes halogenated alkanes) is 1. The van der Waals surface area contributed by atoms with E-state index in [2.05, 4.69) is 22.4 Å². The van der Waals surface area contributed by atoms with E-state index >= 15 is 0 Å². The fourth-order valence-electron chi connectivity index (χ4n) is 1.70. The first-order valence-corrected chi connectivity index (χ1v) is 7.04. The summed E-state index contributed by atoms with van der Waals surface area (Å²) in [5, 5.41) is 6.74. The molecule has 0 aliphatic carbocycles. The Bertz CT molecular complexity index is 365. The third-order valence-electron chi connectivity index (χ3n) is 2.73. The van der Waals surface area contributed by atoms with Crippen molar-refractivity contribution >= 4 is 5.91 Å². The molecule has 0 aromatic carbocycles. The van der Waals surface area contributed by atoms with Gasteiger partial charge in [-0.05, 0) is 32.2 Å². The quantitative estimate of drug-likeness (QED) is 0.622. The van der Waals surface area contributed by atoms with E-state index < -0.39 is 0 Å². The second kappa shape index (κ2) is 9.49. The maximum atomic E-state index is 11.5. The Morgan fingerprint density at radius 2 is 2.16 bits per heavy atom. The monoisotopic (exact) mass is 268 g/mol. The third kappa shape index (κ3) is 6.91. The van der Waals surface area contributed by atoms with Gasteiger partial charge in [0.05, 0.1) is 0 Å². The van der Waals surface area contributed by atoms with E-state index in [9.17, 15) is 4.79 Å². The number of aryl methyl sites for hydroxylation is 2. The number of nitrogens with two attached hydrogens (primary N) is 1. The van der Waals surface area contributed by atoms with Gasteiger partial charge in [-0.15, -0.1) is 0 Å². The van der Waals surface area contributed by atoms with E-state index in [0.717, 1.165) is 37.9 Å². The van der Waals surface area contributed by atoms with Gasteiger partial charge in [-0.3, -0.25) is 4.79 Å². The minimum Gasteiger partial charge on any atom is -0.356 e. The highest BCUT2D eigenvalue weighted by Crippen LogP contribution is 2.04. The number of carbonyl (C=O) groups is 1. The van der Waals surface area contributed by atoms with Crippen molar-refractivity contribution in [3.05, 3.63) is 11.7 Å². The van der Waals surface area contributed by atoms with Crippen LogP contribution in [-0.4, -0.2) is 29.1 Å². The zero-order chi connectivity index (χ0) is 13.9. The van der Waals surface area contributed by atoms with Crippen molar-refractivity contribution in [3.63, 3.8) is 0 Å². The van der Waals surface area contributed by atoms with Crippen LogP contribution in [0.25, 0.3) is 0 Å². The highest BCUT2D eigenvalue weighted by molar-refractivity contribution is 5.75. The Morgan fingerprint density at radius 3 is 2.89 bits per heavy atom. The van der Waals surface area contributed by atoms with Gasteiger partial charge in [0.1, 0.15) is 0 Å². The van der Waals surface area contributed by atoms with Crippen LogP contribution in [0, 0.1) is 0 Å². The Hall–Kier alpha value is -1.43. The van der Waals surface area contributed by atoms with Crippen LogP contribution in [-0.2, 0) is 17.6 Å². The number of rotatable bonds is 10. The molecular weight excluding hydrogens is 244 g/mol. The third-order valence-corrected chi connectivity index (χ3v) is 2.73. The highest BCUT2D eigenvalue weighted by Gasteiger charge is 2.07. The van der Waals surface area contributed by atoms with E-state index in [0.29, 0.717) is 31.8 Å². The maximum absolute atomic E-state index is 11.5. The number of nitrogens with zero attached hydrogens (tertiary/aromatic N) is 2. The van der Waals surface area contributed by atoms with Gasteiger partial charge in [-0.25, -0.2) is 0 Å². The zero-order valence-corrected chi connectivity index (χ0v) is 11.7. The van der Waals surface area contributed by atoms with E-state index in [-0.39, 0.29) is 5.91 Å². The van der Waals surface area contributed by atoms with Crippen LogP contribution in [0.1, 0.15) is 50.7 Å². The molecule has 1 rings (SSSR count). The van der Waals surface area contributed by atoms with Crippen molar-refractivity contribution in [2.45, 2.75) is 51.9 Å². The van der Waals surface area contributed by atoms with E-state index in [1.807, 2.05) is 0 Å². The fraction of sp³-hybridized carbons (Fsp3) is 0.769. The molecule has 108 valence electrons. The van der Waals surface area contributed by atoms with Crippen molar-refractivity contribution in [3.8, 4) is 0 Å². The standard InChI is InChI=1S/C13H24N4O2/c1-2-6-11-16-13(19-17-11)8-5-7-12(18)15-10-4-3-9-14/h2-10,14H2,1H3,(H,15,18). The summed E-state index contributed by atoms with van der Waals surface area (Å²) >= 11 is 0. The Morgan fingerprint density at radius 1 is 1.32 bits per heavy atom. The summed E-state index contributed by atoms with van der Waals surface area (Å²) in [7, 11) is 0. The van der Waals surface area contributed by atoms with Gasteiger partial charge in [0.25, 0.3) is 0 Å². The second-order valence-electron chi connectivity index (χ2n) is 4.55. The normalized spacial score (nSPS) is 10.6. The first kappa shape index (κ1) is 15.6. The first-order valence-electron chi connectivity index (χ1n) is 7.04. The van der Waals surface area contributed by atoms with Crippen molar-refractivity contribution < 1.29 is 9.32 Å². The predicted molar refractivity (Wildman–Crippen MR) is 72.5 cm³/mol. The highest BCUT2D eigenvalue weighted by atomic mass is 16.5. The molecule has 0 radical (unpaired) electrons. The Balaban J connectivity index is 2.10. The molecule has 0 saturated heterocycles. The molecule has 1 aromatic heterocycles. The lowest BCUT2D eigenvalue weighted by Crippen LogP contribution is -2.24. The van der Waals surface area contributed by atoms with Gasteiger partial charge in [-0.1, -0.05) is 12.1 Å². The molecule has 6 nitrogen and oxygen atoms in total. The lowest BCUT2D eigenvalue weighted by Gasteiger charge is -2.03. The minimum atomic E-state index is 0.0744. The van der Waals surface area contributed by atoms with E-state index in [1.54, 1.807) is 0 Å². The zero-order valence-electron chi connectivity index (χ0n) is 11.7. The van der Waals surface area contributed by atoms with Crippen molar-refractivity contribution in [1.82, 2.24) is 15.5 Å². The minimum absolute atomic E-state index is 0.0744. The number of hydrogen-bond acceptors (Lipinski definition) is 5. The molecule has 0 spiro atoms. The molecule has 1 amide bonds. The van der Waals surface area contributed by atoms with Gasteiger partial charge in [0, 0.05) is 25.8 Å². The summed E-state index contributed by atoms with van der Waals surface area (Å²) < 4.78 is 5.11. The molecule has 0 unspecified atom stereocenters. The van der Waals surface area contributed by atoms with Crippen molar-refractivity contribution in [2.24, 2.45) is 5.73 Å². The summed E-state index contributed by atoms with van der Waals surface area (Å²) in [5.41, 5.74) is 5.38. The first-order chi connectivity index (χ1) is 9.26. The van der Waals surface area contributed by atoms with Crippen molar-refractivity contribution in [2.75, 3.05) is 13.1 Å². The van der Waals surface area contributed by atoms with E-state index in [4.69, 9.17) is 10.3 Å². The number of hydrogen-bond donors (Lipinski definition) is 2. The topological polar surface area (TPSA) is 94.0 Å². The molecule has 6 heteroatoms. The van der Waals surface area contributed by atoms with Gasteiger partial charge >= 0.3 is 0 Å². The largest absolute Gasteiger partial charge is 0.356 e. The van der Waals surface area contributed by atoms with Crippen LogP contribution in [0.5, 0.6) is 0 Å². The van der Waals surface area contributed by atoms with Crippen LogP contribution >= 0.6 is 0 Å². The van der Waals surface area contributed by atoms with Gasteiger partial charge in [0.2, 0.25) is 11.8 Å². The predicted octanol–water partition coefficient (Wildman–Crippen LogP) is 1.20. The van der Waals surface area contributed by atoms with Crippen LogP contribution in [0.2, 0.25) is 0 Å². The van der Waals surface area contributed by atoms with Crippen LogP contribution < -0.4 is 11.1 Å². The summed E-state index contributed by atoms with van der Waals surface area (Å²) in [5.74, 6) is 1.45. The number of carbonyl (C=O) groups excluding carboxylic acids is 1. The molecule has 3 N–H and O–H groups in total. The van der Waals surface area contributed by atoms with Crippen LogP contribution in [0.4, 0.5) is 0 Å². The molecule has 0 atom stereocenters. The van der Waals surface area contributed by atoms with Gasteiger partial charge < -0.3 is 15.6 Å². The lowest BCUT2D eigenvalue weighted by molar-refractivity contribution is -0.121. The van der Waals surface area contributed by atoms with Crippen LogP contribution in [0.15, 0.2) is 4.52 Å². The Kier molecular flexibility index (Phi) is 7.81. The van der Waals surface area contributed by atoms with Crippen LogP contribution in [0.3, 0.4) is 0 Å². The Labute approximate surface area is 114 Å². The number of amides is 1. The van der Waals surface area contributed by atoms with E-state index in [1.165, 1.54) is 0 Å². The average molecular weight is 268 g/mol. The van der Waals surface area contributed by atoms with Gasteiger partial charge in [-0.2, -0.15) is 4.98 Å². The summed E-state index contributed by atoms with van der Waals surface area (Å²) in [6.07, 6.45) is 5.61. The molecular formula is C13H24N4O2. The summed E-state index contributed by atoms with van der Waals surface area (Å²) in [4.78, 5) is 15.8. The maximum Gasteiger partial charge on any atom is 0.226 e. The molecule has 1 aromatic rings. The number of aromatic nitrogens is 2. The van der Waals surface area contributed by atoms with Gasteiger partial charge in [0.15, 0.2) is 5.82 Å². The SMILES string of the molecule is CCCc1noc(CCCC(=O)NCCCCN)n1. The molecule has 0 aliphatic heterocycles. The molecule has 19 heavy (non-hydrogen) atoms. The average Bonchev–Trinajstić information content (AvgIpc) is 2.83. The number of nitrogens with one attached hydrogen (secondary N) is 1.